The van der Waals surface area contributed by atoms with Gasteiger partial charge in [-0.2, -0.15) is 0 Å². The predicted molar refractivity (Wildman–Crippen MR) is 48.3 cm³/mol. The standard InChI is InChI=1S/C5H10IOP/c1-5(2-3-6)4-7-8/h2H,3-4,8H2,1H3. The van der Waals surface area contributed by atoms with Gasteiger partial charge in [0, 0.05) is 13.9 Å². The van der Waals surface area contributed by atoms with Crippen LogP contribution in [0.15, 0.2) is 11.6 Å². The molecule has 0 aliphatic carbocycles. The first-order valence-electron chi connectivity index (χ1n) is 2.34. The van der Waals surface area contributed by atoms with Crippen LogP contribution in [-0.2, 0) is 4.52 Å². The monoisotopic (exact) mass is 244 g/mol. The van der Waals surface area contributed by atoms with Crippen LogP contribution in [0.2, 0.25) is 0 Å². The molecule has 0 bridgehead atoms. The quantitative estimate of drug-likeness (QED) is 0.320. The van der Waals surface area contributed by atoms with Crippen LogP contribution in [0.25, 0.3) is 0 Å². The van der Waals surface area contributed by atoms with Crippen molar-refractivity contribution < 1.29 is 4.52 Å². The van der Waals surface area contributed by atoms with Gasteiger partial charge in [-0.3, -0.25) is 0 Å². The maximum Gasteiger partial charge on any atom is 0.0710 e. The number of alkyl halides is 1. The second kappa shape index (κ2) is 5.99. The molecule has 0 heterocycles. The van der Waals surface area contributed by atoms with Crippen LogP contribution in [0.1, 0.15) is 6.92 Å². The van der Waals surface area contributed by atoms with Crippen LogP contribution in [0.4, 0.5) is 0 Å². The van der Waals surface area contributed by atoms with Crippen molar-refractivity contribution in [2.75, 3.05) is 11.0 Å². The van der Waals surface area contributed by atoms with Crippen molar-refractivity contribution >= 4 is 32.1 Å². The van der Waals surface area contributed by atoms with E-state index < -0.39 is 0 Å². The molecule has 3 heteroatoms. The van der Waals surface area contributed by atoms with Crippen molar-refractivity contribution in [1.29, 1.82) is 0 Å². The highest BCUT2D eigenvalue weighted by atomic mass is 127. The molecule has 0 radical (unpaired) electrons. The van der Waals surface area contributed by atoms with E-state index in [1.807, 2.05) is 0 Å². The molecular formula is C5H10IOP. The van der Waals surface area contributed by atoms with Gasteiger partial charge in [-0.1, -0.05) is 34.2 Å². The van der Waals surface area contributed by atoms with Crippen molar-refractivity contribution in [3.8, 4) is 0 Å². The lowest BCUT2D eigenvalue weighted by molar-refractivity contribution is 0.413. The minimum absolute atomic E-state index is 0.730. The van der Waals surface area contributed by atoms with Crippen LogP contribution in [0, 0.1) is 0 Å². The molecule has 0 aliphatic rings. The largest absolute Gasteiger partial charge is 0.361 e. The van der Waals surface area contributed by atoms with Crippen LogP contribution in [0.5, 0.6) is 0 Å². The van der Waals surface area contributed by atoms with E-state index >= 15 is 0 Å². The fourth-order valence-electron chi connectivity index (χ4n) is 0.322. The highest BCUT2D eigenvalue weighted by molar-refractivity contribution is 14.1. The topological polar surface area (TPSA) is 9.23 Å². The molecule has 48 valence electrons. The summed E-state index contributed by atoms with van der Waals surface area (Å²) in [7, 11) is 2.23. The van der Waals surface area contributed by atoms with E-state index in [0.717, 1.165) is 11.0 Å². The average Bonchev–Trinajstić information content (AvgIpc) is 1.68. The van der Waals surface area contributed by atoms with E-state index in [0.29, 0.717) is 0 Å². The summed E-state index contributed by atoms with van der Waals surface area (Å²) in [6.45, 7) is 2.79. The smallest absolute Gasteiger partial charge is 0.0710 e. The first-order chi connectivity index (χ1) is 3.81. The highest BCUT2D eigenvalue weighted by Gasteiger charge is 1.82. The number of hydrogen-bond donors (Lipinski definition) is 0. The molecule has 0 fully saturated rings. The zero-order valence-electron chi connectivity index (χ0n) is 4.86. The number of hydrogen-bond acceptors (Lipinski definition) is 1. The summed E-state index contributed by atoms with van der Waals surface area (Å²) in [5, 5.41) is 0. The first kappa shape index (κ1) is 8.86. The molecule has 8 heavy (non-hydrogen) atoms. The second-order valence-electron chi connectivity index (χ2n) is 1.52. The average molecular weight is 244 g/mol. The number of halogens is 1. The van der Waals surface area contributed by atoms with E-state index in [1.54, 1.807) is 0 Å². The molecule has 0 aromatic heterocycles. The van der Waals surface area contributed by atoms with Gasteiger partial charge in [-0.25, -0.2) is 0 Å². The van der Waals surface area contributed by atoms with Crippen molar-refractivity contribution in [2.45, 2.75) is 6.92 Å². The third-order valence-corrected chi connectivity index (χ3v) is 1.34. The van der Waals surface area contributed by atoms with Crippen molar-refractivity contribution in [3.05, 3.63) is 11.6 Å². The van der Waals surface area contributed by atoms with Gasteiger partial charge < -0.3 is 4.52 Å². The Hall–Kier alpha value is 0.860. The zero-order valence-corrected chi connectivity index (χ0v) is 8.17. The Bertz CT molecular complexity index is 82.5. The maximum absolute atomic E-state index is 4.80. The molecule has 1 unspecified atom stereocenters. The van der Waals surface area contributed by atoms with Crippen LogP contribution < -0.4 is 0 Å². The molecule has 0 saturated heterocycles. The molecule has 0 saturated carbocycles. The summed E-state index contributed by atoms with van der Waals surface area (Å²) < 4.78 is 5.87. The fourth-order valence-corrected chi connectivity index (χ4v) is 1.34. The molecule has 1 nitrogen and oxygen atoms in total. The molecule has 0 aromatic rings. The molecule has 0 aromatic carbocycles. The minimum Gasteiger partial charge on any atom is -0.361 e. The lowest BCUT2D eigenvalue weighted by Crippen LogP contribution is -1.84. The first-order valence-corrected chi connectivity index (χ1v) is 4.34. The van der Waals surface area contributed by atoms with E-state index in [-0.39, 0.29) is 0 Å². The van der Waals surface area contributed by atoms with Gasteiger partial charge in [0.05, 0.1) is 6.61 Å². The van der Waals surface area contributed by atoms with Gasteiger partial charge in [0.1, 0.15) is 0 Å². The van der Waals surface area contributed by atoms with Gasteiger partial charge in [0.15, 0.2) is 0 Å². The lowest BCUT2D eigenvalue weighted by Gasteiger charge is -1.94. The van der Waals surface area contributed by atoms with Crippen molar-refractivity contribution in [2.24, 2.45) is 0 Å². The van der Waals surface area contributed by atoms with Gasteiger partial charge in [0.25, 0.3) is 0 Å². The molecule has 0 aliphatic heterocycles. The summed E-state index contributed by atoms with van der Waals surface area (Å²) in [4.78, 5) is 0. The van der Waals surface area contributed by atoms with Crippen LogP contribution in [-0.4, -0.2) is 11.0 Å². The Morgan fingerprint density at radius 1 is 1.88 bits per heavy atom. The third-order valence-electron chi connectivity index (χ3n) is 0.737. The Morgan fingerprint density at radius 2 is 2.50 bits per heavy atom. The van der Waals surface area contributed by atoms with Crippen LogP contribution >= 0.6 is 32.1 Å². The molecular weight excluding hydrogens is 234 g/mol. The summed E-state index contributed by atoms with van der Waals surface area (Å²) >= 11 is 2.30. The van der Waals surface area contributed by atoms with Crippen LogP contribution in [0.3, 0.4) is 0 Å². The summed E-state index contributed by atoms with van der Waals surface area (Å²) in [6.07, 6.45) is 2.14. The zero-order chi connectivity index (χ0) is 6.41. The highest BCUT2D eigenvalue weighted by Crippen LogP contribution is 1.97. The Kier molecular flexibility index (Phi) is 6.63. The van der Waals surface area contributed by atoms with Gasteiger partial charge in [-0.05, 0) is 6.92 Å². The van der Waals surface area contributed by atoms with Gasteiger partial charge in [0.2, 0.25) is 0 Å². The Balaban J connectivity index is 3.29. The Labute approximate surface area is 66.3 Å². The minimum atomic E-state index is 0.730. The molecule has 0 N–H and O–H groups in total. The summed E-state index contributed by atoms with van der Waals surface area (Å²) in [5.41, 5.74) is 1.29. The van der Waals surface area contributed by atoms with Crippen molar-refractivity contribution in [3.63, 3.8) is 0 Å². The number of rotatable bonds is 3. The van der Waals surface area contributed by atoms with E-state index in [1.165, 1.54) is 5.57 Å². The maximum atomic E-state index is 4.80. The lowest BCUT2D eigenvalue weighted by atomic mass is 10.3. The van der Waals surface area contributed by atoms with E-state index in [2.05, 4.69) is 45.1 Å². The van der Waals surface area contributed by atoms with Gasteiger partial charge in [-0.15, -0.1) is 0 Å². The molecule has 0 spiro atoms. The van der Waals surface area contributed by atoms with E-state index in [4.69, 9.17) is 4.52 Å². The second-order valence-corrected chi connectivity index (χ2v) is 2.73. The summed E-state index contributed by atoms with van der Waals surface area (Å²) in [6, 6.07) is 0. The van der Waals surface area contributed by atoms with Crippen molar-refractivity contribution in [1.82, 2.24) is 0 Å². The normalized spacial score (nSPS) is 12.1. The summed E-state index contributed by atoms with van der Waals surface area (Å²) in [5.74, 6) is 0. The molecule has 1 atom stereocenters. The Morgan fingerprint density at radius 3 is 2.88 bits per heavy atom. The SMILES string of the molecule is CC(=CCI)COP. The predicted octanol–water partition coefficient (Wildman–Crippen LogP) is 2.17. The van der Waals surface area contributed by atoms with Gasteiger partial charge >= 0.3 is 0 Å². The molecule has 0 amide bonds. The fraction of sp³-hybridized carbons (Fsp3) is 0.600. The molecule has 0 rings (SSSR count). The van der Waals surface area contributed by atoms with E-state index in [9.17, 15) is 0 Å². The number of allylic oxidation sites excluding steroid dienone is 1. The third kappa shape index (κ3) is 5.01.